The molecule has 0 fully saturated rings. The summed E-state index contributed by atoms with van der Waals surface area (Å²) >= 11 is 5.99. The Balaban J connectivity index is 2.05. The van der Waals surface area contributed by atoms with Crippen molar-refractivity contribution in [1.82, 2.24) is 9.73 Å². The lowest BCUT2D eigenvalue weighted by molar-refractivity contribution is -0.121. The lowest BCUT2D eigenvalue weighted by atomic mass is 10.2. The molecule has 0 heterocycles. The van der Waals surface area contributed by atoms with Crippen LogP contribution in [0.25, 0.3) is 0 Å². The van der Waals surface area contributed by atoms with Gasteiger partial charge in [-0.3, -0.25) is 4.79 Å². The summed E-state index contributed by atoms with van der Waals surface area (Å²) in [6.45, 7) is -0.446. The molecule has 1 amide bonds. The molecule has 0 saturated carbocycles. The van der Waals surface area contributed by atoms with Gasteiger partial charge in [0.05, 0.1) is 44.0 Å². The molecular formula is C19H22ClN3O6S. The fraction of sp³-hybridized carbons (Fsp3) is 0.263. The number of carbonyl (C=O) groups is 1. The number of likely N-dealkylation sites (N-methyl/N-ethyl adjacent to an activating group) is 1. The predicted molar refractivity (Wildman–Crippen MR) is 113 cm³/mol. The van der Waals surface area contributed by atoms with E-state index in [1.165, 1.54) is 52.8 Å². The molecule has 0 spiro atoms. The summed E-state index contributed by atoms with van der Waals surface area (Å²) in [5.41, 5.74) is 2.86. The van der Waals surface area contributed by atoms with Crippen LogP contribution < -0.4 is 19.6 Å². The Labute approximate surface area is 180 Å². The second-order valence-electron chi connectivity index (χ2n) is 5.96. The first-order valence-corrected chi connectivity index (χ1v) is 10.4. The molecule has 9 nitrogen and oxygen atoms in total. The topological polar surface area (TPSA) is 107 Å². The van der Waals surface area contributed by atoms with E-state index in [9.17, 15) is 13.2 Å². The molecular weight excluding hydrogens is 434 g/mol. The van der Waals surface area contributed by atoms with Crippen LogP contribution in [-0.2, 0) is 14.8 Å². The number of amides is 1. The summed E-state index contributed by atoms with van der Waals surface area (Å²) in [7, 11) is 1.80. The Kier molecular flexibility index (Phi) is 8.04. The van der Waals surface area contributed by atoms with E-state index in [1.54, 1.807) is 18.2 Å². The number of carbonyl (C=O) groups excluding carboxylic acids is 1. The summed E-state index contributed by atoms with van der Waals surface area (Å²) in [6.07, 6.45) is 1.37. The number of sulfonamides is 1. The van der Waals surface area contributed by atoms with Crippen molar-refractivity contribution < 1.29 is 27.4 Å². The van der Waals surface area contributed by atoms with E-state index in [1.807, 2.05) is 0 Å². The molecule has 0 unspecified atom stereocenters. The van der Waals surface area contributed by atoms with Gasteiger partial charge in [0.25, 0.3) is 5.91 Å². The molecule has 11 heteroatoms. The molecule has 0 aromatic heterocycles. The first kappa shape index (κ1) is 23.5. The second-order valence-corrected chi connectivity index (χ2v) is 8.41. The molecule has 0 radical (unpaired) electrons. The number of methoxy groups -OCH3 is 3. The van der Waals surface area contributed by atoms with Crippen LogP contribution in [-0.4, -0.2) is 59.8 Å². The maximum Gasteiger partial charge on any atom is 0.255 e. The third-order valence-corrected chi connectivity index (χ3v) is 6.12. The molecule has 2 aromatic carbocycles. The second kappa shape index (κ2) is 10.3. The fourth-order valence-electron chi connectivity index (χ4n) is 2.42. The fourth-order valence-corrected chi connectivity index (χ4v) is 3.90. The number of ether oxygens (including phenoxy) is 3. The molecule has 1 N–H and O–H groups in total. The average molecular weight is 456 g/mol. The Morgan fingerprint density at radius 1 is 1.10 bits per heavy atom. The minimum absolute atomic E-state index is 0.0618. The van der Waals surface area contributed by atoms with Gasteiger partial charge in [-0.25, -0.2) is 13.8 Å². The summed E-state index contributed by atoms with van der Waals surface area (Å²) in [5, 5.41) is 4.00. The van der Waals surface area contributed by atoms with Crippen LogP contribution >= 0.6 is 11.6 Å². The molecule has 0 aliphatic carbocycles. The van der Waals surface area contributed by atoms with Gasteiger partial charge in [0, 0.05) is 12.6 Å². The van der Waals surface area contributed by atoms with Gasteiger partial charge in [-0.05, 0) is 36.4 Å². The summed E-state index contributed by atoms with van der Waals surface area (Å²) in [5.74, 6) is 0.842. The lowest BCUT2D eigenvalue weighted by Gasteiger charge is -2.16. The van der Waals surface area contributed by atoms with Crippen LogP contribution in [0.3, 0.4) is 0 Å². The van der Waals surface area contributed by atoms with Crippen LogP contribution in [0, 0.1) is 0 Å². The maximum absolute atomic E-state index is 12.6. The number of hydrogen-bond acceptors (Lipinski definition) is 7. The van der Waals surface area contributed by atoms with Crippen molar-refractivity contribution in [1.29, 1.82) is 0 Å². The first-order valence-electron chi connectivity index (χ1n) is 8.56. The van der Waals surface area contributed by atoms with Crippen molar-refractivity contribution in [3.8, 4) is 17.2 Å². The van der Waals surface area contributed by atoms with Gasteiger partial charge in [0.15, 0.2) is 0 Å². The van der Waals surface area contributed by atoms with E-state index in [4.69, 9.17) is 25.8 Å². The number of hydrogen-bond donors (Lipinski definition) is 1. The number of halogens is 1. The normalized spacial score (nSPS) is 11.5. The van der Waals surface area contributed by atoms with Crippen molar-refractivity contribution in [3.05, 3.63) is 47.0 Å². The van der Waals surface area contributed by atoms with Gasteiger partial charge in [-0.2, -0.15) is 9.41 Å². The summed E-state index contributed by atoms with van der Waals surface area (Å²) in [6, 6.07) is 9.15. The Morgan fingerprint density at radius 3 is 2.37 bits per heavy atom. The third kappa shape index (κ3) is 5.62. The average Bonchev–Trinajstić information content (AvgIpc) is 2.73. The van der Waals surface area contributed by atoms with E-state index in [0.29, 0.717) is 22.8 Å². The largest absolute Gasteiger partial charge is 0.497 e. The molecule has 162 valence electrons. The smallest absolute Gasteiger partial charge is 0.255 e. The van der Waals surface area contributed by atoms with E-state index in [0.717, 1.165) is 4.31 Å². The molecule has 0 bridgehead atoms. The standard InChI is InChI=1S/C19H22ClN3O6S/c1-23(30(25,26)15-6-8-18(29-4)16(20)10-15)12-19(24)22-21-11-13-9-14(27-2)5-7-17(13)28-3/h5-11H,12H2,1-4H3,(H,22,24)/b21-11+. The minimum atomic E-state index is -3.93. The third-order valence-electron chi connectivity index (χ3n) is 4.03. The highest BCUT2D eigenvalue weighted by Gasteiger charge is 2.24. The zero-order valence-electron chi connectivity index (χ0n) is 16.9. The number of nitrogens with zero attached hydrogens (tertiary/aromatic N) is 2. The highest BCUT2D eigenvalue weighted by molar-refractivity contribution is 7.89. The van der Waals surface area contributed by atoms with Crippen LogP contribution in [0.1, 0.15) is 5.56 Å². The monoisotopic (exact) mass is 455 g/mol. The van der Waals surface area contributed by atoms with E-state index in [2.05, 4.69) is 10.5 Å². The number of hydrazone groups is 1. The molecule has 0 atom stereocenters. The van der Waals surface area contributed by atoms with Crippen molar-refractivity contribution in [3.63, 3.8) is 0 Å². The molecule has 2 aromatic rings. The zero-order chi connectivity index (χ0) is 22.3. The highest BCUT2D eigenvalue weighted by Crippen LogP contribution is 2.28. The van der Waals surface area contributed by atoms with Crippen LogP contribution in [0.4, 0.5) is 0 Å². The van der Waals surface area contributed by atoms with Crippen LogP contribution in [0.5, 0.6) is 17.2 Å². The quantitative estimate of drug-likeness (QED) is 0.458. The zero-order valence-corrected chi connectivity index (χ0v) is 18.5. The predicted octanol–water partition coefficient (Wildman–Crippen LogP) is 2.14. The molecule has 2 rings (SSSR count). The van der Waals surface area contributed by atoms with Crippen LogP contribution in [0.15, 0.2) is 46.4 Å². The van der Waals surface area contributed by atoms with Gasteiger partial charge < -0.3 is 14.2 Å². The van der Waals surface area contributed by atoms with Crippen molar-refractivity contribution >= 4 is 33.7 Å². The van der Waals surface area contributed by atoms with Gasteiger partial charge in [0.1, 0.15) is 17.2 Å². The van der Waals surface area contributed by atoms with E-state index in [-0.39, 0.29) is 9.92 Å². The molecule has 0 aliphatic heterocycles. The summed E-state index contributed by atoms with van der Waals surface area (Å²) < 4.78 is 41.6. The SMILES string of the molecule is COc1ccc(OC)c(/C=N/NC(=O)CN(C)S(=O)(=O)c2ccc(OC)c(Cl)c2)c1. The minimum Gasteiger partial charge on any atom is -0.497 e. The molecule has 0 saturated heterocycles. The van der Waals surface area contributed by atoms with Gasteiger partial charge in [-0.15, -0.1) is 0 Å². The lowest BCUT2D eigenvalue weighted by Crippen LogP contribution is -2.36. The molecule has 0 aliphatic rings. The van der Waals surface area contributed by atoms with E-state index < -0.39 is 22.5 Å². The summed E-state index contributed by atoms with van der Waals surface area (Å²) in [4.78, 5) is 12.1. The highest BCUT2D eigenvalue weighted by atomic mass is 35.5. The number of benzene rings is 2. The number of nitrogens with one attached hydrogen (secondary N) is 1. The Hall–Kier alpha value is -2.82. The van der Waals surface area contributed by atoms with Crippen molar-refractivity contribution in [2.45, 2.75) is 4.90 Å². The van der Waals surface area contributed by atoms with Crippen molar-refractivity contribution in [2.75, 3.05) is 34.9 Å². The number of rotatable bonds is 9. The Bertz CT molecular complexity index is 1040. The molecule has 30 heavy (non-hydrogen) atoms. The van der Waals surface area contributed by atoms with Crippen LogP contribution in [0.2, 0.25) is 5.02 Å². The van der Waals surface area contributed by atoms with Crippen molar-refractivity contribution in [2.24, 2.45) is 5.10 Å². The Morgan fingerprint density at radius 2 is 1.77 bits per heavy atom. The van der Waals surface area contributed by atoms with Gasteiger partial charge in [-0.1, -0.05) is 11.6 Å². The maximum atomic E-state index is 12.6. The first-order chi connectivity index (χ1) is 14.2. The van der Waals surface area contributed by atoms with E-state index >= 15 is 0 Å². The van der Waals surface area contributed by atoms with Gasteiger partial charge >= 0.3 is 0 Å². The van der Waals surface area contributed by atoms with Gasteiger partial charge in [0.2, 0.25) is 10.0 Å².